The van der Waals surface area contributed by atoms with Crippen molar-refractivity contribution < 1.29 is 23.1 Å². The first-order valence-electron chi connectivity index (χ1n) is 9.26. The zero-order valence-electron chi connectivity index (χ0n) is 16.5. The number of anilines is 1. The summed E-state index contributed by atoms with van der Waals surface area (Å²) in [5.41, 5.74) is 0.966. The van der Waals surface area contributed by atoms with Crippen LogP contribution in [0, 0.1) is 3.57 Å². The van der Waals surface area contributed by atoms with Crippen molar-refractivity contribution >= 4 is 56.0 Å². The molecule has 1 heterocycles. The molecule has 2 unspecified atom stereocenters. The van der Waals surface area contributed by atoms with Gasteiger partial charge >= 0.3 is 0 Å². The number of carbonyl (C=O) groups is 1. The van der Waals surface area contributed by atoms with E-state index in [2.05, 4.69) is 27.9 Å². The molecule has 2 aromatic carbocycles. The second-order valence-corrected chi connectivity index (χ2v) is 11.0. The van der Waals surface area contributed by atoms with E-state index in [1.807, 2.05) is 0 Å². The second-order valence-electron chi connectivity index (χ2n) is 6.83. The molecule has 0 aromatic heterocycles. The minimum absolute atomic E-state index is 0.136. The molecule has 0 radical (unpaired) electrons. The van der Waals surface area contributed by atoms with E-state index < -0.39 is 22.2 Å². The Bertz CT molecular complexity index is 1010. The third kappa shape index (κ3) is 5.10. The number of sulfonamides is 1. The van der Waals surface area contributed by atoms with Gasteiger partial charge in [0.2, 0.25) is 10.0 Å². The van der Waals surface area contributed by atoms with Gasteiger partial charge in [-0.15, -0.1) is 0 Å². The van der Waals surface area contributed by atoms with Crippen LogP contribution in [0.1, 0.15) is 17.3 Å². The Hall–Kier alpha value is -1.34. The first kappa shape index (κ1) is 23.3. The van der Waals surface area contributed by atoms with Crippen LogP contribution in [0.4, 0.5) is 5.69 Å². The molecule has 0 spiro atoms. The Morgan fingerprint density at radius 1 is 1.30 bits per heavy atom. The molecular formula is C20H23IN2O5S2. The number of thioether (sulfide) groups is 1. The minimum atomic E-state index is -3.73. The number of hydrogen-bond acceptors (Lipinski definition) is 6. The fourth-order valence-electron chi connectivity index (χ4n) is 3.14. The van der Waals surface area contributed by atoms with Crippen LogP contribution >= 0.6 is 34.4 Å². The minimum Gasteiger partial charge on any atom is -0.496 e. The summed E-state index contributed by atoms with van der Waals surface area (Å²) in [6, 6.07) is 10.7. The molecular weight excluding hydrogens is 539 g/mol. The SMILES string of the molecule is COc1ccc(C(=O)Nc2ccc(S(=O)(=O)N3CCSCC3C(C)O)cc2)cc1I. The number of aliphatic hydroxyl groups is 1. The Morgan fingerprint density at radius 3 is 2.60 bits per heavy atom. The Kier molecular flexibility index (Phi) is 7.66. The first-order chi connectivity index (χ1) is 14.2. The van der Waals surface area contributed by atoms with Crippen molar-refractivity contribution in [3.8, 4) is 5.75 Å². The van der Waals surface area contributed by atoms with Crippen LogP contribution in [-0.2, 0) is 10.0 Å². The van der Waals surface area contributed by atoms with E-state index in [-0.39, 0.29) is 10.8 Å². The summed E-state index contributed by atoms with van der Waals surface area (Å²) in [7, 11) is -2.17. The van der Waals surface area contributed by atoms with E-state index in [1.54, 1.807) is 56.1 Å². The lowest BCUT2D eigenvalue weighted by Gasteiger charge is -2.35. The van der Waals surface area contributed by atoms with Gasteiger partial charge in [0.1, 0.15) is 5.75 Å². The predicted molar refractivity (Wildman–Crippen MR) is 127 cm³/mol. The number of aliphatic hydroxyl groups excluding tert-OH is 1. The maximum atomic E-state index is 13.1. The molecule has 2 atom stereocenters. The smallest absolute Gasteiger partial charge is 0.255 e. The molecule has 1 fully saturated rings. The topological polar surface area (TPSA) is 95.9 Å². The molecule has 3 rings (SSSR count). The monoisotopic (exact) mass is 562 g/mol. The maximum Gasteiger partial charge on any atom is 0.255 e. The number of nitrogens with one attached hydrogen (secondary N) is 1. The molecule has 1 aliphatic rings. The van der Waals surface area contributed by atoms with Crippen LogP contribution in [-0.4, -0.2) is 61.0 Å². The highest BCUT2D eigenvalue weighted by molar-refractivity contribution is 14.1. The maximum absolute atomic E-state index is 13.1. The zero-order chi connectivity index (χ0) is 21.9. The summed E-state index contributed by atoms with van der Waals surface area (Å²) >= 11 is 3.73. The summed E-state index contributed by atoms with van der Waals surface area (Å²) in [6.07, 6.45) is -0.751. The fraction of sp³-hybridized carbons (Fsp3) is 0.350. The Morgan fingerprint density at radius 2 is 2.00 bits per heavy atom. The summed E-state index contributed by atoms with van der Waals surface area (Å²) in [6.45, 7) is 1.97. The van der Waals surface area contributed by atoms with Crippen molar-refractivity contribution in [1.82, 2.24) is 4.31 Å². The molecule has 1 aliphatic heterocycles. The van der Waals surface area contributed by atoms with Gasteiger partial charge in [-0.05, 0) is 72.0 Å². The highest BCUT2D eigenvalue weighted by Crippen LogP contribution is 2.27. The number of methoxy groups -OCH3 is 1. The van der Waals surface area contributed by atoms with Crippen LogP contribution in [0.3, 0.4) is 0 Å². The van der Waals surface area contributed by atoms with E-state index in [0.29, 0.717) is 35.1 Å². The average molecular weight is 562 g/mol. The van der Waals surface area contributed by atoms with Crippen molar-refractivity contribution in [2.75, 3.05) is 30.5 Å². The molecule has 162 valence electrons. The van der Waals surface area contributed by atoms with Crippen LogP contribution < -0.4 is 10.1 Å². The molecule has 0 bridgehead atoms. The highest BCUT2D eigenvalue weighted by Gasteiger charge is 2.36. The van der Waals surface area contributed by atoms with Crippen LogP contribution in [0.2, 0.25) is 0 Å². The van der Waals surface area contributed by atoms with Crippen molar-refractivity contribution in [2.45, 2.75) is 24.0 Å². The van der Waals surface area contributed by atoms with Crippen LogP contribution in [0.15, 0.2) is 47.4 Å². The Labute approximate surface area is 194 Å². The van der Waals surface area contributed by atoms with Gasteiger partial charge in [0, 0.05) is 29.3 Å². The molecule has 1 amide bonds. The summed E-state index contributed by atoms with van der Waals surface area (Å²) in [4.78, 5) is 12.6. The number of halogens is 1. The second kappa shape index (κ2) is 9.86. The standard InChI is InChI=1S/C20H23IN2O5S2/c1-13(24)18-12-29-10-9-23(18)30(26,27)16-6-4-15(5-7-16)22-20(25)14-3-8-19(28-2)17(21)11-14/h3-8,11,13,18,24H,9-10,12H2,1-2H3,(H,22,25). The average Bonchev–Trinajstić information content (AvgIpc) is 2.74. The molecule has 0 aliphatic carbocycles. The van der Waals surface area contributed by atoms with Crippen molar-refractivity contribution in [3.05, 3.63) is 51.6 Å². The molecule has 0 saturated carbocycles. The lowest BCUT2D eigenvalue weighted by atomic mass is 10.2. The van der Waals surface area contributed by atoms with E-state index in [9.17, 15) is 18.3 Å². The number of hydrogen-bond donors (Lipinski definition) is 2. The fourth-order valence-corrected chi connectivity index (χ4v) is 6.97. The third-order valence-electron chi connectivity index (χ3n) is 4.80. The van der Waals surface area contributed by atoms with E-state index >= 15 is 0 Å². The van der Waals surface area contributed by atoms with Gasteiger partial charge < -0.3 is 15.2 Å². The number of nitrogens with zero attached hydrogens (tertiary/aromatic N) is 1. The number of rotatable bonds is 6. The van der Waals surface area contributed by atoms with E-state index in [0.717, 1.165) is 3.57 Å². The molecule has 2 N–H and O–H groups in total. The van der Waals surface area contributed by atoms with Gasteiger partial charge in [0.15, 0.2) is 0 Å². The number of ether oxygens (including phenoxy) is 1. The van der Waals surface area contributed by atoms with Gasteiger partial charge in [-0.1, -0.05) is 0 Å². The summed E-state index contributed by atoms with van der Waals surface area (Å²) in [5, 5.41) is 12.8. The van der Waals surface area contributed by atoms with Crippen molar-refractivity contribution in [2.24, 2.45) is 0 Å². The van der Waals surface area contributed by atoms with E-state index in [1.165, 1.54) is 16.4 Å². The number of benzene rings is 2. The lowest BCUT2D eigenvalue weighted by Crippen LogP contribution is -2.51. The molecule has 10 heteroatoms. The largest absolute Gasteiger partial charge is 0.496 e. The number of amides is 1. The third-order valence-corrected chi connectivity index (χ3v) is 8.63. The summed E-state index contributed by atoms with van der Waals surface area (Å²) < 4.78 is 33.5. The van der Waals surface area contributed by atoms with Gasteiger partial charge in [-0.3, -0.25) is 4.79 Å². The van der Waals surface area contributed by atoms with Gasteiger partial charge in [0.05, 0.1) is 27.7 Å². The lowest BCUT2D eigenvalue weighted by molar-refractivity contribution is 0.102. The van der Waals surface area contributed by atoms with Crippen LogP contribution in [0.25, 0.3) is 0 Å². The van der Waals surface area contributed by atoms with E-state index in [4.69, 9.17) is 4.74 Å². The molecule has 2 aromatic rings. The number of carbonyl (C=O) groups excluding carboxylic acids is 1. The molecule has 30 heavy (non-hydrogen) atoms. The zero-order valence-corrected chi connectivity index (χ0v) is 20.3. The van der Waals surface area contributed by atoms with Gasteiger partial charge in [-0.25, -0.2) is 8.42 Å². The highest BCUT2D eigenvalue weighted by atomic mass is 127. The van der Waals surface area contributed by atoms with Gasteiger partial charge in [0.25, 0.3) is 5.91 Å². The summed E-state index contributed by atoms with van der Waals surface area (Å²) in [5.74, 6) is 1.64. The molecule has 7 nitrogen and oxygen atoms in total. The first-order valence-corrected chi connectivity index (χ1v) is 12.9. The quantitative estimate of drug-likeness (QED) is 0.526. The molecule has 1 saturated heterocycles. The van der Waals surface area contributed by atoms with Crippen molar-refractivity contribution in [1.29, 1.82) is 0 Å². The normalized spacial score (nSPS) is 18.6. The van der Waals surface area contributed by atoms with Crippen molar-refractivity contribution in [3.63, 3.8) is 0 Å². The van der Waals surface area contributed by atoms with Gasteiger partial charge in [-0.2, -0.15) is 16.1 Å². The Balaban J connectivity index is 1.75. The van der Waals surface area contributed by atoms with Crippen LogP contribution in [0.5, 0.6) is 5.75 Å². The predicted octanol–water partition coefficient (Wildman–Crippen LogP) is 3.04.